The molecule has 0 aliphatic rings. The Balaban J connectivity index is 2.28. The van der Waals surface area contributed by atoms with Gasteiger partial charge in [0.05, 0.1) is 17.6 Å². The number of rotatable bonds is 2. The van der Waals surface area contributed by atoms with Gasteiger partial charge in [0.2, 0.25) is 0 Å². The number of aromatic carboxylic acids is 1. The fourth-order valence-electron chi connectivity index (χ4n) is 1.78. The predicted octanol–water partition coefficient (Wildman–Crippen LogP) is 1.07. The lowest BCUT2D eigenvalue weighted by molar-refractivity contribution is 0.0699. The van der Waals surface area contributed by atoms with Crippen molar-refractivity contribution in [2.75, 3.05) is 5.73 Å². The van der Waals surface area contributed by atoms with E-state index in [9.17, 15) is 4.79 Å². The maximum Gasteiger partial charge on any atom is 0.341 e. The highest BCUT2D eigenvalue weighted by atomic mass is 16.4. The van der Waals surface area contributed by atoms with Crippen molar-refractivity contribution in [3.8, 4) is 11.4 Å². The Morgan fingerprint density at radius 1 is 1.32 bits per heavy atom. The molecular weight excluding hydrogens is 246 g/mol. The first-order chi connectivity index (χ1) is 9.16. The summed E-state index contributed by atoms with van der Waals surface area (Å²) in [5, 5.41) is 13.0. The number of carboxylic acid groups (broad SMARTS) is 1. The molecule has 0 aliphatic heterocycles. The molecule has 0 aromatic carbocycles. The van der Waals surface area contributed by atoms with E-state index in [4.69, 9.17) is 10.8 Å². The summed E-state index contributed by atoms with van der Waals surface area (Å²) < 4.78 is 1.29. The van der Waals surface area contributed by atoms with Crippen molar-refractivity contribution in [2.24, 2.45) is 0 Å². The topological polar surface area (TPSA) is 106 Å². The second-order valence-electron chi connectivity index (χ2n) is 3.88. The number of carbonyl (C=O) groups is 1. The molecule has 7 nitrogen and oxygen atoms in total. The first-order valence-corrected chi connectivity index (χ1v) is 5.46. The van der Waals surface area contributed by atoms with Crippen molar-refractivity contribution >= 4 is 17.4 Å². The van der Waals surface area contributed by atoms with E-state index in [-0.39, 0.29) is 11.2 Å². The van der Waals surface area contributed by atoms with Gasteiger partial charge < -0.3 is 10.8 Å². The van der Waals surface area contributed by atoms with Gasteiger partial charge in [-0.3, -0.25) is 4.98 Å². The Labute approximate surface area is 107 Å². The molecule has 7 heteroatoms. The van der Waals surface area contributed by atoms with Gasteiger partial charge in [-0.25, -0.2) is 9.78 Å². The molecule has 0 fully saturated rings. The lowest BCUT2D eigenvalue weighted by Gasteiger charge is -2.04. The molecule has 94 valence electrons. The van der Waals surface area contributed by atoms with Crippen molar-refractivity contribution in [2.45, 2.75) is 0 Å². The predicted molar refractivity (Wildman–Crippen MR) is 67.6 cm³/mol. The summed E-state index contributed by atoms with van der Waals surface area (Å²) in [6, 6.07) is 6.98. The van der Waals surface area contributed by atoms with Crippen LogP contribution in [0.3, 0.4) is 0 Å². The second-order valence-corrected chi connectivity index (χ2v) is 3.88. The fraction of sp³-hybridized carbons (Fsp3) is 0. The highest BCUT2D eigenvalue weighted by Crippen LogP contribution is 2.20. The van der Waals surface area contributed by atoms with Crippen LogP contribution in [0.1, 0.15) is 10.4 Å². The normalized spacial score (nSPS) is 10.7. The van der Waals surface area contributed by atoms with Gasteiger partial charge in [-0.15, -0.1) is 0 Å². The minimum Gasteiger partial charge on any atom is -0.477 e. The van der Waals surface area contributed by atoms with Crippen LogP contribution in [0.15, 0.2) is 36.7 Å². The van der Waals surface area contributed by atoms with Crippen LogP contribution in [0.2, 0.25) is 0 Å². The van der Waals surface area contributed by atoms with Gasteiger partial charge in [-0.2, -0.15) is 9.61 Å². The number of nitrogen functional groups attached to an aromatic ring is 1. The van der Waals surface area contributed by atoms with Crippen molar-refractivity contribution in [3.63, 3.8) is 0 Å². The first kappa shape index (κ1) is 11.1. The minimum absolute atomic E-state index is 0.00415. The maximum absolute atomic E-state index is 11.1. The summed E-state index contributed by atoms with van der Waals surface area (Å²) in [6.45, 7) is 0. The molecule has 19 heavy (non-hydrogen) atoms. The molecule has 3 aromatic heterocycles. The Morgan fingerprint density at radius 3 is 2.84 bits per heavy atom. The third-order valence-electron chi connectivity index (χ3n) is 2.66. The monoisotopic (exact) mass is 255 g/mol. The van der Waals surface area contributed by atoms with E-state index in [1.807, 2.05) is 6.07 Å². The molecule has 0 bridgehead atoms. The molecule has 0 unspecified atom stereocenters. The minimum atomic E-state index is -1.10. The molecule has 3 aromatic rings. The third-order valence-corrected chi connectivity index (χ3v) is 2.66. The van der Waals surface area contributed by atoms with Gasteiger partial charge in [0.15, 0.2) is 5.65 Å². The van der Waals surface area contributed by atoms with E-state index in [0.717, 1.165) is 0 Å². The standard InChI is InChI=1S/C12H9N5O2/c13-10-5-9(8-3-1-2-4-14-8)16-11-7(12(18)19)6-15-17(10)11/h1-6H,13H2,(H,18,19). The van der Waals surface area contributed by atoms with Gasteiger partial charge in [0.25, 0.3) is 0 Å². The van der Waals surface area contributed by atoms with Crippen LogP contribution < -0.4 is 5.73 Å². The lowest BCUT2D eigenvalue weighted by atomic mass is 10.2. The van der Waals surface area contributed by atoms with E-state index >= 15 is 0 Å². The Hall–Kier alpha value is -2.96. The molecule has 3 rings (SSSR count). The van der Waals surface area contributed by atoms with E-state index in [1.54, 1.807) is 24.4 Å². The van der Waals surface area contributed by atoms with Crippen LogP contribution in [-0.4, -0.2) is 30.7 Å². The Kier molecular flexibility index (Phi) is 2.38. The van der Waals surface area contributed by atoms with Crippen LogP contribution in [0.25, 0.3) is 17.0 Å². The molecular formula is C12H9N5O2. The molecule has 0 radical (unpaired) electrons. The molecule has 0 spiro atoms. The molecule has 0 amide bonds. The van der Waals surface area contributed by atoms with Gasteiger partial charge in [-0.1, -0.05) is 6.07 Å². The van der Waals surface area contributed by atoms with Crippen molar-refractivity contribution in [1.29, 1.82) is 0 Å². The van der Waals surface area contributed by atoms with Crippen molar-refractivity contribution in [1.82, 2.24) is 19.6 Å². The first-order valence-electron chi connectivity index (χ1n) is 5.46. The summed E-state index contributed by atoms with van der Waals surface area (Å²) in [5.41, 5.74) is 7.18. The van der Waals surface area contributed by atoms with E-state index in [2.05, 4.69) is 15.1 Å². The summed E-state index contributed by atoms with van der Waals surface area (Å²) >= 11 is 0. The smallest absolute Gasteiger partial charge is 0.341 e. The van der Waals surface area contributed by atoms with Gasteiger partial charge in [0, 0.05) is 12.3 Å². The third kappa shape index (κ3) is 1.77. The van der Waals surface area contributed by atoms with Gasteiger partial charge in [-0.05, 0) is 12.1 Å². The number of hydrogen-bond acceptors (Lipinski definition) is 5. The molecule has 0 atom stereocenters. The van der Waals surface area contributed by atoms with Gasteiger partial charge in [0.1, 0.15) is 11.4 Å². The number of aromatic nitrogens is 4. The maximum atomic E-state index is 11.1. The van der Waals surface area contributed by atoms with E-state index in [1.165, 1.54) is 10.7 Å². The summed E-state index contributed by atoms with van der Waals surface area (Å²) in [4.78, 5) is 19.5. The number of pyridine rings is 1. The number of hydrogen-bond donors (Lipinski definition) is 2. The molecule has 0 saturated heterocycles. The summed E-state index contributed by atoms with van der Waals surface area (Å²) in [6.07, 6.45) is 2.86. The van der Waals surface area contributed by atoms with Crippen LogP contribution in [-0.2, 0) is 0 Å². The molecule has 3 heterocycles. The Morgan fingerprint density at radius 2 is 2.16 bits per heavy atom. The Bertz CT molecular complexity index is 766. The number of carboxylic acids is 1. The highest BCUT2D eigenvalue weighted by molar-refractivity contribution is 5.94. The highest BCUT2D eigenvalue weighted by Gasteiger charge is 2.15. The van der Waals surface area contributed by atoms with E-state index in [0.29, 0.717) is 17.2 Å². The fourth-order valence-corrected chi connectivity index (χ4v) is 1.78. The zero-order chi connectivity index (χ0) is 13.4. The largest absolute Gasteiger partial charge is 0.477 e. The van der Waals surface area contributed by atoms with Crippen LogP contribution in [0.4, 0.5) is 5.82 Å². The quantitative estimate of drug-likeness (QED) is 0.709. The molecule has 0 aliphatic carbocycles. The van der Waals surface area contributed by atoms with Crippen molar-refractivity contribution in [3.05, 3.63) is 42.2 Å². The van der Waals surface area contributed by atoms with Crippen LogP contribution in [0.5, 0.6) is 0 Å². The summed E-state index contributed by atoms with van der Waals surface area (Å²) in [5.74, 6) is -0.793. The number of fused-ring (bicyclic) bond motifs is 1. The summed E-state index contributed by atoms with van der Waals surface area (Å²) in [7, 11) is 0. The molecule has 3 N–H and O–H groups in total. The average Bonchev–Trinajstić information content (AvgIpc) is 2.84. The SMILES string of the molecule is Nc1cc(-c2ccccn2)nc2c(C(=O)O)cnn12. The zero-order valence-corrected chi connectivity index (χ0v) is 9.69. The van der Waals surface area contributed by atoms with E-state index < -0.39 is 5.97 Å². The number of nitrogens with two attached hydrogens (primary N) is 1. The number of anilines is 1. The van der Waals surface area contributed by atoms with Crippen LogP contribution >= 0.6 is 0 Å². The second kappa shape index (κ2) is 4.05. The van der Waals surface area contributed by atoms with Gasteiger partial charge >= 0.3 is 5.97 Å². The molecule has 0 saturated carbocycles. The lowest BCUT2D eigenvalue weighted by Crippen LogP contribution is -2.04. The zero-order valence-electron chi connectivity index (χ0n) is 9.69. The average molecular weight is 255 g/mol. The van der Waals surface area contributed by atoms with Crippen molar-refractivity contribution < 1.29 is 9.90 Å². The van der Waals surface area contributed by atoms with Crippen LogP contribution in [0, 0.1) is 0 Å². The number of nitrogens with zero attached hydrogens (tertiary/aromatic N) is 4.